The molecule has 0 unspecified atom stereocenters. The highest BCUT2D eigenvalue weighted by Gasteiger charge is 2.19. The molecule has 0 aromatic heterocycles. The van der Waals surface area contributed by atoms with E-state index in [1.165, 1.54) is 19.2 Å². The van der Waals surface area contributed by atoms with Crippen molar-refractivity contribution in [3.63, 3.8) is 0 Å². The highest BCUT2D eigenvalue weighted by molar-refractivity contribution is 5.94. The van der Waals surface area contributed by atoms with Crippen LogP contribution in [0.4, 0.5) is 11.4 Å². The fourth-order valence-corrected chi connectivity index (χ4v) is 2.35. The molecule has 0 aliphatic carbocycles. The molecule has 23 heavy (non-hydrogen) atoms. The average Bonchev–Trinajstić information content (AvgIpc) is 2.76. The molecule has 1 fully saturated rings. The molecule has 0 atom stereocenters. The molecule has 128 valence electrons. The summed E-state index contributed by atoms with van der Waals surface area (Å²) in [6.45, 7) is 3.64. The maximum atomic E-state index is 12.1. The third-order valence-corrected chi connectivity index (χ3v) is 3.48. The lowest BCUT2D eigenvalue weighted by atomic mass is 10.2. The molecule has 0 spiro atoms. The van der Waals surface area contributed by atoms with Crippen LogP contribution in [0.3, 0.4) is 0 Å². The first kappa shape index (κ1) is 19.1. The summed E-state index contributed by atoms with van der Waals surface area (Å²) in [6.07, 6.45) is 0.982. The number of ether oxygens (including phenoxy) is 1. The van der Waals surface area contributed by atoms with Crippen LogP contribution in [0.25, 0.3) is 0 Å². The van der Waals surface area contributed by atoms with Crippen molar-refractivity contribution in [3.05, 3.63) is 28.3 Å². The van der Waals surface area contributed by atoms with Gasteiger partial charge in [-0.1, -0.05) is 0 Å². The molecule has 1 aliphatic heterocycles. The van der Waals surface area contributed by atoms with E-state index in [0.29, 0.717) is 5.75 Å². The standard InChI is InChI=1S/C14H20N4O4.ClH/c1-22-11-3-4-12(13(9-11)18(20)21)16-14(19)10-17-7-2-5-15-6-8-17;/h3-4,9,15H,2,5-8,10H2,1H3,(H,16,19);1H. The number of methoxy groups -OCH3 is 1. The quantitative estimate of drug-likeness (QED) is 0.616. The van der Waals surface area contributed by atoms with Crippen molar-refractivity contribution in [1.82, 2.24) is 10.2 Å². The van der Waals surface area contributed by atoms with Crippen LogP contribution >= 0.6 is 12.4 Å². The van der Waals surface area contributed by atoms with Crippen LogP contribution in [-0.2, 0) is 4.79 Å². The van der Waals surface area contributed by atoms with Crippen molar-refractivity contribution in [1.29, 1.82) is 0 Å². The number of nitro benzene ring substituents is 1. The number of halogens is 1. The third kappa shape index (κ3) is 5.66. The zero-order valence-corrected chi connectivity index (χ0v) is 13.7. The van der Waals surface area contributed by atoms with E-state index in [9.17, 15) is 14.9 Å². The van der Waals surface area contributed by atoms with E-state index in [1.807, 2.05) is 4.90 Å². The predicted molar refractivity (Wildman–Crippen MR) is 89.5 cm³/mol. The second-order valence-corrected chi connectivity index (χ2v) is 5.07. The Morgan fingerprint density at radius 3 is 2.91 bits per heavy atom. The number of benzene rings is 1. The number of hydrogen-bond donors (Lipinski definition) is 2. The lowest BCUT2D eigenvalue weighted by Gasteiger charge is -2.18. The minimum atomic E-state index is -0.534. The summed E-state index contributed by atoms with van der Waals surface area (Å²) in [6, 6.07) is 4.36. The van der Waals surface area contributed by atoms with Gasteiger partial charge in [0.1, 0.15) is 11.4 Å². The Morgan fingerprint density at radius 2 is 2.22 bits per heavy atom. The van der Waals surface area contributed by atoms with Gasteiger partial charge in [-0.15, -0.1) is 12.4 Å². The van der Waals surface area contributed by atoms with Crippen molar-refractivity contribution >= 4 is 29.7 Å². The minimum absolute atomic E-state index is 0. The Morgan fingerprint density at radius 1 is 1.43 bits per heavy atom. The van der Waals surface area contributed by atoms with E-state index in [2.05, 4.69) is 10.6 Å². The van der Waals surface area contributed by atoms with E-state index >= 15 is 0 Å². The molecule has 1 aromatic rings. The smallest absolute Gasteiger partial charge is 0.296 e. The number of rotatable bonds is 5. The highest BCUT2D eigenvalue weighted by Crippen LogP contribution is 2.28. The zero-order valence-electron chi connectivity index (χ0n) is 12.9. The fourth-order valence-electron chi connectivity index (χ4n) is 2.35. The first-order chi connectivity index (χ1) is 10.6. The fraction of sp³-hybridized carbons (Fsp3) is 0.500. The van der Waals surface area contributed by atoms with Gasteiger partial charge in [0, 0.05) is 13.1 Å². The molecule has 9 heteroatoms. The van der Waals surface area contributed by atoms with E-state index < -0.39 is 4.92 Å². The van der Waals surface area contributed by atoms with Crippen molar-refractivity contribution in [2.45, 2.75) is 6.42 Å². The topological polar surface area (TPSA) is 96.7 Å². The number of carbonyl (C=O) groups excluding carboxylic acids is 1. The largest absolute Gasteiger partial charge is 0.496 e. The average molecular weight is 345 g/mol. The van der Waals surface area contributed by atoms with Gasteiger partial charge in [0.2, 0.25) is 5.91 Å². The Bertz CT molecular complexity index is 548. The maximum absolute atomic E-state index is 12.1. The summed E-state index contributed by atoms with van der Waals surface area (Å²) in [7, 11) is 1.44. The molecule has 1 aromatic carbocycles. The van der Waals surface area contributed by atoms with Gasteiger partial charge >= 0.3 is 0 Å². The van der Waals surface area contributed by atoms with Gasteiger partial charge in [0.05, 0.1) is 24.6 Å². The predicted octanol–water partition coefficient (Wildman–Crippen LogP) is 1.26. The molecule has 1 amide bonds. The van der Waals surface area contributed by atoms with Crippen molar-refractivity contribution in [2.75, 3.05) is 45.2 Å². The van der Waals surface area contributed by atoms with E-state index in [0.717, 1.165) is 32.6 Å². The number of amides is 1. The van der Waals surface area contributed by atoms with Gasteiger partial charge in [0.15, 0.2) is 0 Å². The summed E-state index contributed by atoms with van der Waals surface area (Å²) < 4.78 is 4.97. The SMILES string of the molecule is COc1ccc(NC(=O)CN2CCCNCC2)c([N+](=O)[O-])c1.Cl. The van der Waals surface area contributed by atoms with Gasteiger partial charge < -0.3 is 15.4 Å². The second-order valence-electron chi connectivity index (χ2n) is 5.07. The number of nitrogens with one attached hydrogen (secondary N) is 2. The number of hydrogen-bond acceptors (Lipinski definition) is 6. The zero-order chi connectivity index (χ0) is 15.9. The molecular formula is C14H21ClN4O4. The molecule has 0 bridgehead atoms. The van der Waals surface area contributed by atoms with Crippen LogP contribution in [0.5, 0.6) is 5.75 Å². The summed E-state index contributed by atoms with van der Waals surface area (Å²) in [5, 5.41) is 17.0. The summed E-state index contributed by atoms with van der Waals surface area (Å²) in [4.78, 5) is 24.7. The van der Waals surface area contributed by atoms with Crippen LogP contribution in [-0.4, -0.2) is 55.6 Å². The van der Waals surface area contributed by atoms with Gasteiger partial charge in [-0.2, -0.15) is 0 Å². The molecular weight excluding hydrogens is 324 g/mol. The van der Waals surface area contributed by atoms with Crippen LogP contribution in [0.1, 0.15) is 6.42 Å². The van der Waals surface area contributed by atoms with Gasteiger partial charge in [0.25, 0.3) is 5.69 Å². The van der Waals surface area contributed by atoms with Gasteiger partial charge in [-0.05, 0) is 31.6 Å². The number of anilines is 1. The molecule has 2 rings (SSSR count). The first-order valence-electron chi connectivity index (χ1n) is 7.15. The molecule has 1 heterocycles. The number of nitro groups is 1. The molecule has 1 aliphatic rings. The van der Waals surface area contributed by atoms with Crippen LogP contribution in [0, 0.1) is 10.1 Å². The van der Waals surface area contributed by atoms with Crippen molar-refractivity contribution < 1.29 is 14.5 Å². The Hall–Kier alpha value is -1.90. The Labute approximate surface area is 140 Å². The van der Waals surface area contributed by atoms with E-state index in [1.54, 1.807) is 6.07 Å². The van der Waals surface area contributed by atoms with Crippen LogP contribution in [0.15, 0.2) is 18.2 Å². The first-order valence-corrected chi connectivity index (χ1v) is 7.15. The summed E-state index contributed by atoms with van der Waals surface area (Å²) in [5.74, 6) is 0.124. The Kier molecular flexibility index (Phi) is 7.73. The van der Waals surface area contributed by atoms with Gasteiger partial charge in [-0.3, -0.25) is 19.8 Å². The minimum Gasteiger partial charge on any atom is -0.496 e. The number of carbonyl (C=O) groups is 1. The second kappa shape index (κ2) is 9.29. The summed E-state index contributed by atoms with van der Waals surface area (Å²) in [5.41, 5.74) is 0.00831. The molecule has 0 radical (unpaired) electrons. The molecule has 1 saturated heterocycles. The highest BCUT2D eigenvalue weighted by atomic mass is 35.5. The third-order valence-electron chi connectivity index (χ3n) is 3.48. The lowest BCUT2D eigenvalue weighted by Crippen LogP contribution is -2.35. The molecule has 8 nitrogen and oxygen atoms in total. The summed E-state index contributed by atoms with van der Waals surface area (Å²) >= 11 is 0. The maximum Gasteiger partial charge on any atom is 0.296 e. The molecule has 2 N–H and O–H groups in total. The normalized spacial score (nSPS) is 15.2. The van der Waals surface area contributed by atoms with Crippen LogP contribution in [0.2, 0.25) is 0 Å². The van der Waals surface area contributed by atoms with E-state index in [-0.39, 0.29) is 36.2 Å². The lowest BCUT2D eigenvalue weighted by molar-refractivity contribution is -0.384. The van der Waals surface area contributed by atoms with Crippen LogP contribution < -0.4 is 15.4 Å². The number of nitrogens with zero attached hydrogens (tertiary/aromatic N) is 2. The van der Waals surface area contributed by atoms with Gasteiger partial charge in [-0.25, -0.2) is 0 Å². The molecule has 0 saturated carbocycles. The van der Waals surface area contributed by atoms with Crippen molar-refractivity contribution in [2.24, 2.45) is 0 Å². The Balaban J connectivity index is 0.00000264. The van der Waals surface area contributed by atoms with Crippen molar-refractivity contribution in [3.8, 4) is 5.75 Å². The van der Waals surface area contributed by atoms with E-state index in [4.69, 9.17) is 4.74 Å². The monoisotopic (exact) mass is 344 g/mol.